The molecule has 0 heterocycles. The summed E-state index contributed by atoms with van der Waals surface area (Å²) < 4.78 is 0. The number of nitrogens with one attached hydrogen (secondary N) is 1. The smallest absolute Gasteiger partial charge is 0.0966 e. The molecular formula is C11H26N4. The standard InChI is InChI=1S/C7H16N2.C4H10N2/c1-5(2)7(8)9-6(3)4;1-3(2)4(5)6/h5-6H,1-4H3,(H2,8,9);3H,1-2H3,(H3,5,6). The largest absolute Gasteiger partial charge is 0.387 e. The first-order valence-corrected chi connectivity index (χ1v) is 5.35. The zero-order valence-electron chi connectivity index (χ0n) is 10.8. The number of amidine groups is 2. The summed E-state index contributed by atoms with van der Waals surface area (Å²) in [7, 11) is 0. The average molecular weight is 214 g/mol. The molecule has 0 spiro atoms. The maximum absolute atomic E-state index is 6.73. The van der Waals surface area contributed by atoms with Crippen molar-refractivity contribution in [2.75, 3.05) is 0 Å². The maximum atomic E-state index is 6.73. The van der Waals surface area contributed by atoms with Crippen LogP contribution in [0.2, 0.25) is 0 Å². The van der Waals surface area contributed by atoms with Gasteiger partial charge in [-0.05, 0) is 13.8 Å². The van der Waals surface area contributed by atoms with E-state index in [4.69, 9.17) is 16.9 Å². The van der Waals surface area contributed by atoms with Gasteiger partial charge in [-0.1, -0.05) is 27.7 Å². The molecule has 0 fully saturated rings. The van der Waals surface area contributed by atoms with Crippen molar-refractivity contribution < 1.29 is 0 Å². The first-order valence-electron chi connectivity index (χ1n) is 5.35. The first kappa shape index (κ1) is 16.4. The van der Waals surface area contributed by atoms with Crippen LogP contribution < -0.4 is 11.5 Å². The molecule has 0 aliphatic rings. The van der Waals surface area contributed by atoms with Crippen LogP contribution in [0.5, 0.6) is 0 Å². The highest BCUT2D eigenvalue weighted by Gasteiger charge is 1.98. The highest BCUT2D eigenvalue weighted by molar-refractivity contribution is 5.82. The molecule has 0 rings (SSSR count). The Morgan fingerprint density at radius 2 is 1.27 bits per heavy atom. The van der Waals surface area contributed by atoms with Crippen molar-refractivity contribution in [1.82, 2.24) is 0 Å². The predicted octanol–water partition coefficient (Wildman–Crippen LogP) is 1.99. The van der Waals surface area contributed by atoms with Gasteiger partial charge in [0.05, 0.1) is 11.7 Å². The van der Waals surface area contributed by atoms with Crippen LogP contribution in [-0.4, -0.2) is 17.7 Å². The van der Waals surface area contributed by atoms with Crippen LogP contribution in [0.4, 0.5) is 0 Å². The van der Waals surface area contributed by atoms with Gasteiger partial charge in [0.2, 0.25) is 0 Å². The van der Waals surface area contributed by atoms with Crippen LogP contribution in [0.3, 0.4) is 0 Å². The van der Waals surface area contributed by atoms with Gasteiger partial charge in [0, 0.05) is 17.9 Å². The summed E-state index contributed by atoms with van der Waals surface area (Å²) >= 11 is 0. The zero-order valence-corrected chi connectivity index (χ0v) is 10.8. The predicted molar refractivity (Wildman–Crippen MR) is 68.3 cm³/mol. The van der Waals surface area contributed by atoms with E-state index in [1.54, 1.807) is 0 Å². The van der Waals surface area contributed by atoms with E-state index in [0.717, 1.165) is 5.84 Å². The van der Waals surface area contributed by atoms with E-state index >= 15 is 0 Å². The van der Waals surface area contributed by atoms with Crippen LogP contribution in [0.15, 0.2) is 4.99 Å². The Hall–Kier alpha value is -1.06. The molecule has 0 bridgehead atoms. The molecule has 4 heteroatoms. The summed E-state index contributed by atoms with van der Waals surface area (Å²) in [5, 5.41) is 6.73. The Balaban J connectivity index is 0. The van der Waals surface area contributed by atoms with E-state index < -0.39 is 0 Å². The minimum Gasteiger partial charge on any atom is -0.387 e. The van der Waals surface area contributed by atoms with Crippen molar-refractivity contribution in [2.24, 2.45) is 28.3 Å². The van der Waals surface area contributed by atoms with E-state index in [1.165, 1.54) is 0 Å². The minimum absolute atomic E-state index is 0.213. The summed E-state index contributed by atoms with van der Waals surface area (Å²) in [5.41, 5.74) is 10.6. The van der Waals surface area contributed by atoms with Crippen molar-refractivity contribution in [1.29, 1.82) is 5.41 Å². The summed E-state index contributed by atoms with van der Waals surface area (Å²) in [4.78, 5) is 4.17. The molecule has 0 unspecified atom stereocenters. The summed E-state index contributed by atoms with van der Waals surface area (Å²) in [6.45, 7) is 11.9. The fourth-order valence-electron chi connectivity index (χ4n) is 0.447. The second-order valence-electron chi connectivity index (χ2n) is 4.41. The molecule has 4 nitrogen and oxygen atoms in total. The molecule has 0 aliphatic carbocycles. The van der Waals surface area contributed by atoms with Crippen LogP contribution in [0.25, 0.3) is 0 Å². The molecule has 0 aliphatic heterocycles. The van der Waals surface area contributed by atoms with Crippen LogP contribution in [-0.2, 0) is 0 Å². The normalized spacial score (nSPS) is 11.7. The third-order valence-corrected chi connectivity index (χ3v) is 1.62. The van der Waals surface area contributed by atoms with E-state index in [0.29, 0.717) is 12.0 Å². The number of hydrogen-bond acceptors (Lipinski definition) is 2. The van der Waals surface area contributed by atoms with Crippen molar-refractivity contribution in [3.8, 4) is 0 Å². The monoisotopic (exact) mass is 214 g/mol. The molecule has 0 aromatic heterocycles. The Labute approximate surface area is 93.7 Å². The fourth-order valence-corrected chi connectivity index (χ4v) is 0.447. The van der Waals surface area contributed by atoms with Gasteiger partial charge in [-0.25, -0.2) is 0 Å². The van der Waals surface area contributed by atoms with E-state index in [2.05, 4.69) is 4.99 Å². The van der Waals surface area contributed by atoms with Crippen LogP contribution in [0, 0.1) is 17.2 Å². The topological polar surface area (TPSA) is 88.2 Å². The molecule has 15 heavy (non-hydrogen) atoms. The quantitative estimate of drug-likeness (QED) is 0.495. The van der Waals surface area contributed by atoms with Gasteiger partial charge in [-0.15, -0.1) is 0 Å². The van der Waals surface area contributed by atoms with Crippen molar-refractivity contribution in [2.45, 2.75) is 47.6 Å². The van der Waals surface area contributed by atoms with Crippen molar-refractivity contribution in [3.63, 3.8) is 0 Å². The Morgan fingerprint density at radius 1 is 0.933 bits per heavy atom. The highest BCUT2D eigenvalue weighted by Crippen LogP contribution is 1.94. The van der Waals surface area contributed by atoms with Gasteiger partial charge in [0.15, 0.2) is 0 Å². The molecule has 0 atom stereocenters. The van der Waals surface area contributed by atoms with Gasteiger partial charge in [0.25, 0.3) is 0 Å². The number of rotatable bonds is 3. The van der Waals surface area contributed by atoms with Gasteiger partial charge >= 0.3 is 0 Å². The molecule has 0 aromatic rings. The highest BCUT2D eigenvalue weighted by atomic mass is 14.9. The molecular weight excluding hydrogens is 188 g/mol. The molecule has 5 N–H and O–H groups in total. The second-order valence-corrected chi connectivity index (χ2v) is 4.41. The SMILES string of the molecule is CC(C)C(=N)N.CC(C)N=C(N)C(C)C. The van der Waals surface area contributed by atoms with Gasteiger partial charge < -0.3 is 11.5 Å². The zero-order chi connectivity index (χ0) is 12.6. The number of hydrogen-bond donors (Lipinski definition) is 3. The molecule has 90 valence electrons. The number of aliphatic imine (C=N–C) groups is 1. The molecule has 0 aromatic carbocycles. The van der Waals surface area contributed by atoms with Crippen LogP contribution >= 0.6 is 0 Å². The maximum Gasteiger partial charge on any atom is 0.0966 e. The van der Waals surface area contributed by atoms with Crippen molar-refractivity contribution >= 4 is 11.7 Å². The molecule has 0 radical (unpaired) electrons. The Morgan fingerprint density at radius 3 is 1.33 bits per heavy atom. The van der Waals surface area contributed by atoms with Gasteiger partial charge in [0.1, 0.15) is 0 Å². The lowest BCUT2D eigenvalue weighted by Gasteiger charge is -2.04. The van der Waals surface area contributed by atoms with E-state index in [1.807, 2.05) is 41.5 Å². The number of nitrogens with zero attached hydrogens (tertiary/aromatic N) is 1. The second kappa shape index (κ2) is 8.26. The molecule has 0 saturated carbocycles. The summed E-state index contributed by atoms with van der Waals surface area (Å²) in [6, 6.07) is 0.326. The first-order chi connectivity index (χ1) is 6.68. The lowest BCUT2D eigenvalue weighted by molar-refractivity contribution is 0.790. The molecule has 0 saturated heterocycles. The third-order valence-electron chi connectivity index (χ3n) is 1.62. The lowest BCUT2D eigenvalue weighted by atomic mass is 10.2. The van der Waals surface area contributed by atoms with E-state index in [-0.39, 0.29) is 11.8 Å². The van der Waals surface area contributed by atoms with E-state index in [9.17, 15) is 0 Å². The fraction of sp³-hybridized carbons (Fsp3) is 0.818. The summed E-state index contributed by atoms with van der Waals surface area (Å²) in [6.07, 6.45) is 0. The average Bonchev–Trinajstić information content (AvgIpc) is 2.03. The minimum atomic E-state index is 0.213. The number of nitrogens with two attached hydrogens (primary N) is 2. The third kappa shape index (κ3) is 12.9. The van der Waals surface area contributed by atoms with Crippen LogP contribution in [0.1, 0.15) is 41.5 Å². The van der Waals surface area contributed by atoms with Gasteiger partial charge in [-0.3, -0.25) is 10.4 Å². The van der Waals surface area contributed by atoms with Gasteiger partial charge in [-0.2, -0.15) is 0 Å². The Bertz CT molecular complexity index is 205. The summed E-state index contributed by atoms with van der Waals surface area (Å²) in [5.74, 6) is 1.61. The van der Waals surface area contributed by atoms with Crippen molar-refractivity contribution in [3.05, 3.63) is 0 Å². The molecule has 0 amide bonds. The Kier molecular flexibility index (Phi) is 9.02. The lowest BCUT2D eigenvalue weighted by Crippen LogP contribution is -2.20.